The van der Waals surface area contributed by atoms with Gasteiger partial charge in [-0.05, 0) is 24.6 Å². The van der Waals surface area contributed by atoms with Crippen LogP contribution in [0.5, 0.6) is 0 Å². The highest BCUT2D eigenvalue weighted by Crippen LogP contribution is 2.47. The fourth-order valence-corrected chi connectivity index (χ4v) is 5.24. The lowest BCUT2D eigenvalue weighted by Crippen LogP contribution is -2.46. The summed E-state index contributed by atoms with van der Waals surface area (Å²) in [5.41, 5.74) is 0.504. The molecule has 104 valence electrons. The van der Waals surface area contributed by atoms with Crippen LogP contribution in [0.15, 0.2) is 29.2 Å². The van der Waals surface area contributed by atoms with Crippen LogP contribution in [-0.4, -0.2) is 46.1 Å². The molecule has 1 N–H and O–H groups in total. The van der Waals surface area contributed by atoms with Crippen molar-refractivity contribution in [2.45, 2.75) is 16.9 Å². The van der Waals surface area contributed by atoms with E-state index in [1.165, 1.54) is 0 Å². The molecule has 1 fully saturated rings. The van der Waals surface area contributed by atoms with Crippen LogP contribution in [0.25, 0.3) is 0 Å². The second-order valence-electron chi connectivity index (χ2n) is 5.02. The Morgan fingerprint density at radius 3 is 2.89 bits per heavy atom. The standard InChI is InChI=1S/C13H18N2O3S/c1-18-9-8-15-13(6-7-14-10-13)11-4-2-3-5-12(11)19(15,16)17/h2-5,14H,6-10H2,1H3/t13-/m0/s1. The zero-order valence-electron chi connectivity index (χ0n) is 10.9. The lowest BCUT2D eigenvalue weighted by molar-refractivity contribution is 0.138. The van der Waals surface area contributed by atoms with Crippen molar-refractivity contribution in [1.82, 2.24) is 9.62 Å². The molecule has 0 saturated carbocycles. The Kier molecular flexibility index (Phi) is 3.13. The van der Waals surface area contributed by atoms with Gasteiger partial charge in [-0.2, -0.15) is 4.31 Å². The first-order valence-electron chi connectivity index (χ1n) is 6.45. The molecular formula is C13H18N2O3S. The first-order valence-corrected chi connectivity index (χ1v) is 7.89. The number of hydrogen-bond donors (Lipinski definition) is 1. The largest absolute Gasteiger partial charge is 0.383 e. The van der Waals surface area contributed by atoms with Crippen LogP contribution in [0, 0.1) is 0 Å². The molecule has 6 heteroatoms. The Hall–Kier alpha value is -0.950. The Morgan fingerprint density at radius 1 is 1.42 bits per heavy atom. The third-order valence-corrected chi connectivity index (χ3v) is 6.09. The molecule has 2 heterocycles. The lowest BCUT2D eigenvalue weighted by Gasteiger charge is -2.33. The number of rotatable bonds is 3. The molecule has 1 atom stereocenters. The molecule has 0 radical (unpaired) electrons. The SMILES string of the molecule is COCCN1[C@]2(CCNC2)c2ccccc2S1(=O)=O. The molecule has 3 rings (SSSR count). The summed E-state index contributed by atoms with van der Waals surface area (Å²) in [6, 6.07) is 7.34. The lowest BCUT2D eigenvalue weighted by atomic mass is 9.89. The topological polar surface area (TPSA) is 58.6 Å². The van der Waals surface area contributed by atoms with Gasteiger partial charge in [0.25, 0.3) is 0 Å². The molecule has 2 aliphatic heterocycles. The average Bonchev–Trinajstić information content (AvgIpc) is 2.95. The van der Waals surface area contributed by atoms with Gasteiger partial charge in [-0.1, -0.05) is 18.2 Å². The van der Waals surface area contributed by atoms with Gasteiger partial charge in [0.15, 0.2) is 0 Å². The van der Waals surface area contributed by atoms with Gasteiger partial charge >= 0.3 is 0 Å². The Labute approximate surface area is 113 Å². The maximum Gasteiger partial charge on any atom is 0.244 e. The summed E-state index contributed by atoms with van der Waals surface area (Å²) in [7, 11) is -1.80. The van der Waals surface area contributed by atoms with E-state index in [1.54, 1.807) is 23.5 Å². The van der Waals surface area contributed by atoms with Crippen LogP contribution < -0.4 is 5.32 Å². The van der Waals surface area contributed by atoms with Crippen LogP contribution in [0.3, 0.4) is 0 Å². The molecular weight excluding hydrogens is 264 g/mol. The van der Waals surface area contributed by atoms with E-state index in [1.807, 2.05) is 12.1 Å². The van der Waals surface area contributed by atoms with Crippen molar-refractivity contribution in [2.75, 3.05) is 33.4 Å². The minimum absolute atomic E-state index is 0.398. The average molecular weight is 282 g/mol. The molecule has 0 bridgehead atoms. The summed E-state index contributed by atoms with van der Waals surface area (Å²) >= 11 is 0. The highest BCUT2D eigenvalue weighted by molar-refractivity contribution is 7.89. The number of fused-ring (bicyclic) bond motifs is 2. The molecule has 2 aliphatic rings. The van der Waals surface area contributed by atoms with Crippen molar-refractivity contribution < 1.29 is 13.2 Å². The van der Waals surface area contributed by atoms with Crippen LogP contribution in [0.2, 0.25) is 0 Å². The van der Waals surface area contributed by atoms with Gasteiger partial charge in [-0.15, -0.1) is 0 Å². The van der Waals surface area contributed by atoms with E-state index >= 15 is 0 Å². The molecule has 0 unspecified atom stereocenters. The molecule has 1 spiro atoms. The van der Waals surface area contributed by atoms with Crippen LogP contribution in [-0.2, 0) is 20.3 Å². The molecule has 1 aromatic rings. The first-order chi connectivity index (χ1) is 9.13. The van der Waals surface area contributed by atoms with Crippen molar-refractivity contribution in [1.29, 1.82) is 0 Å². The Bertz CT molecular complexity index is 579. The smallest absolute Gasteiger partial charge is 0.244 e. The molecule has 19 heavy (non-hydrogen) atoms. The van der Waals surface area contributed by atoms with E-state index < -0.39 is 15.6 Å². The van der Waals surface area contributed by atoms with Crippen molar-refractivity contribution in [2.24, 2.45) is 0 Å². The third-order valence-electron chi connectivity index (χ3n) is 4.07. The van der Waals surface area contributed by atoms with Crippen molar-refractivity contribution >= 4 is 10.0 Å². The van der Waals surface area contributed by atoms with Crippen LogP contribution >= 0.6 is 0 Å². The van der Waals surface area contributed by atoms with Crippen LogP contribution in [0.1, 0.15) is 12.0 Å². The summed E-state index contributed by atoms with van der Waals surface area (Å²) in [5, 5.41) is 3.29. The van der Waals surface area contributed by atoms with E-state index in [0.717, 1.165) is 18.5 Å². The van der Waals surface area contributed by atoms with E-state index in [9.17, 15) is 8.42 Å². The van der Waals surface area contributed by atoms with Crippen molar-refractivity contribution in [3.05, 3.63) is 29.8 Å². The predicted octanol–water partition coefficient (Wildman–Crippen LogP) is 0.526. The number of benzene rings is 1. The number of nitrogens with one attached hydrogen (secondary N) is 1. The number of ether oxygens (including phenoxy) is 1. The summed E-state index contributed by atoms with van der Waals surface area (Å²) in [5.74, 6) is 0. The monoisotopic (exact) mass is 282 g/mol. The minimum Gasteiger partial charge on any atom is -0.383 e. The molecule has 1 aromatic carbocycles. The van der Waals surface area contributed by atoms with E-state index in [-0.39, 0.29) is 0 Å². The predicted molar refractivity (Wildman–Crippen MR) is 71.4 cm³/mol. The fourth-order valence-electron chi connectivity index (χ4n) is 3.19. The van der Waals surface area contributed by atoms with E-state index in [2.05, 4.69) is 5.32 Å². The number of hydrogen-bond acceptors (Lipinski definition) is 4. The summed E-state index contributed by atoms with van der Waals surface area (Å²) in [4.78, 5) is 0.454. The molecule has 0 aromatic heterocycles. The van der Waals surface area contributed by atoms with E-state index in [4.69, 9.17) is 4.74 Å². The first kappa shape index (κ1) is 13.1. The van der Waals surface area contributed by atoms with E-state index in [0.29, 0.717) is 24.6 Å². The summed E-state index contributed by atoms with van der Waals surface area (Å²) in [6.45, 7) is 2.32. The molecule has 0 aliphatic carbocycles. The van der Waals surface area contributed by atoms with Crippen molar-refractivity contribution in [3.8, 4) is 0 Å². The normalized spacial score (nSPS) is 28.9. The summed E-state index contributed by atoms with van der Waals surface area (Å²) in [6.07, 6.45) is 0.812. The zero-order valence-corrected chi connectivity index (χ0v) is 11.7. The second-order valence-corrected chi connectivity index (χ2v) is 6.86. The van der Waals surface area contributed by atoms with Gasteiger partial charge in [-0.25, -0.2) is 8.42 Å². The maximum absolute atomic E-state index is 12.7. The molecule has 1 saturated heterocycles. The zero-order chi connectivity index (χ0) is 13.5. The summed E-state index contributed by atoms with van der Waals surface area (Å²) < 4.78 is 32.1. The van der Waals surface area contributed by atoms with Gasteiger partial charge in [0, 0.05) is 20.2 Å². The second kappa shape index (κ2) is 4.56. The van der Waals surface area contributed by atoms with Crippen LogP contribution in [0.4, 0.5) is 0 Å². The highest BCUT2D eigenvalue weighted by Gasteiger charge is 2.54. The molecule has 5 nitrogen and oxygen atoms in total. The third kappa shape index (κ3) is 1.74. The molecule has 0 amide bonds. The Morgan fingerprint density at radius 2 is 2.21 bits per heavy atom. The van der Waals surface area contributed by atoms with Gasteiger partial charge in [0.05, 0.1) is 17.0 Å². The maximum atomic E-state index is 12.7. The number of nitrogens with zero attached hydrogens (tertiary/aromatic N) is 1. The minimum atomic E-state index is -3.40. The number of sulfonamides is 1. The van der Waals surface area contributed by atoms with Crippen molar-refractivity contribution in [3.63, 3.8) is 0 Å². The van der Waals surface area contributed by atoms with Gasteiger partial charge in [0.1, 0.15) is 0 Å². The van der Waals surface area contributed by atoms with Gasteiger partial charge in [0.2, 0.25) is 10.0 Å². The quantitative estimate of drug-likeness (QED) is 0.878. The Balaban J connectivity index is 2.14. The highest BCUT2D eigenvalue weighted by atomic mass is 32.2. The number of methoxy groups -OCH3 is 1. The van der Waals surface area contributed by atoms with Gasteiger partial charge < -0.3 is 10.1 Å². The van der Waals surface area contributed by atoms with Gasteiger partial charge in [-0.3, -0.25) is 0 Å². The fraction of sp³-hybridized carbons (Fsp3) is 0.538.